The molecular weight excluding hydrogens is 398 g/mol. The van der Waals surface area contributed by atoms with Crippen molar-refractivity contribution in [2.75, 3.05) is 5.32 Å². The quantitative estimate of drug-likeness (QED) is 0.538. The van der Waals surface area contributed by atoms with Crippen LogP contribution in [-0.4, -0.2) is 21.6 Å². The minimum Gasteiger partial charge on any atom is -0.459 e. The summed E-state index contributed by atoms with van der Waals surface area (Å²) >= 11 is 6.15. The normalized spacial score (nSPS) is 19.5. The Morgan fingerprint density at radius 1 is 1.10 bits per heavy atom. The highest BCUT2D eigenvalue weighted by atomic mass is 35.5. The van der Waals surface area contributed by atoms with Crippen molar-refractivity contribution in [2.45, 2.75) is 51.2 Å². The van der Waals surface area contributed by atoms with Gasteiger partial charge >= 0.3 is 5.97 Å². The first-order valence-corrected chi connectivity index (χ1v) is 10.9. The molecule has 2 heterocycles. The number of benzene rings is 2. The maximum Gasteiger partial charge on any atom is 0.338 e. The van der Waals surface area contributed by atoms with Crippen molar-refractivity contribution < 1.29 is 9.53 Å². The van der Waals surface area contributed by atoms with Gasteiger partial charge in [0.05, 0.1) is 22.6 Å². The summed E-state index contributed by atoms with van der Waals surface area (Å²) in [6, 6.07) is 15.3. The van der Waals surface area contributed by atoms with E-state index in [2.05, 4.69) is 9.88 Å². The third-order valence-electron chi connectivity index (χ3n) is 6.06. The lowest BCUT2D eigenvalue weighted by Gasteiger charge is -2.31. The Hall–Kier alpha value is -2.79. The van der Waals surface area contributed by atoms with Crippen molar-refractivity contribution >= 4 is 34.6 Å². The number of esters is 1. The number of halogens is 1. The van der Waals surface area contributed by atoms with Gasteiger partial charge < -0.3 is 10.1 Å². The van der Waals surface area contributed by atoms with Crippen LogP contribution < -0.4 is 5.32 Å². The first-order valence-electron chi connectivity index (χ1n) is 10.5. The van der Waals surface area contributed by atoms with Gasteiger partial charge in [-0.15, -0.1) is 0 Å². The van der Waals surface area contributed by atoms with Crippen LogP contribution in [0.5, 0.6) is 0 Å². The lowest BCUT2D eigenvalue weighted by Crippen LogP contribution is -2.31. The van der Waals surface area contributed by atoms with Gasteiger partial charge in [0.1, 0.15) is 6.10 Å². The molecule has 1 N–H and O–H groups in total. The molecule has 0 radical (unpaired) electrons. The maximum absolute atomic E-state index is 13.4. The Balaban J connectivity index is 1.62. The molecule has 2 aliphatic rings. The third kappa shape index (κ3) is 3.37. The van der Waals surface area contributed by atoms with E-state index in [4.69, 9.17) is 21.3 Å². The molecule has 154 valence electrons. The lowest BCUT2D eigenvalue weighted by atomic mass is 9.94. The first kappa shape index (κ1) is 19.2. The molecule has 30 heavy (non-hydrogen) atoms. The van der Waals surface area contributed by atoms with Crippen LogP contribution in [0.2, 0.25) is 5.02 Å². The summed E-state index contributed by atoms with van der Waals surface area (Å²) < 4.78 is 8.07. The molecule has 6 heteroatoms. The van der Waals surface area contributed by atoms with E-state index >= 15 is 0 Å². The standard InChI is InChI=1S/C24H24ClN3O2/c1-15-21(23(29)30-18-7-3-2-4-8-18)22(16-11-13-17(25)14-12-16)28-20-10-6-5-9-19(20)27-24(28)26-15/h5-6,9-14,18,22H,2-4,7-8H2,1H3,(H,26,27)/t22-/m1/s1. The molecule has 1 saturated carbocycles. The average Bonchev–Trinajstić information content (AvgIpc) is 3.12. The van der Waals surface area contributed by atoms with E-state index in [9.17, 15) is 4.79 Å². The summed E-state index contributed by atoms with van der Waals surface area (Å²) in [7, 11) is 0. The number of carbonyl (C=O) groups excluding carboxylic acids is 1. The van der Waals surface area contributed by atoms with Crippen LogP contribution >= 0.6 is 11.6 Å². The number of hydrogen-bond acceptors (Lipinski definition) is 4. The second-order valence-corrected chi connectivity index (χ2v) is 8.51. The molecule has 0 bridgehead atoms. The number of carbonyl (C=O) groups is 1. The van der Waals surface area contributed by atoms with E-state index < -0.39 is 0 Å². The van der Waals surface area contributed by atoms with Gasteiger partial charge in [-0.3, -0.25) is 4.57 Å². The van der Waals surface area contributed by atoms with Crippen LogP contribution in [-0.2, 0) is 9.53 Å². The van der Waals surface area contributed by atoms with Gasteiger partial charge in [-0.1, -0.05) is 42.3 Å². The van der Waals surface area contributed by atoms with Gasteiger partial charge in [-0.2, -0.15) is 0 Å². The van der Waals surface area contributed by atoms with Crippen molar-refractivity contribution in [1.82, 2.24) is 9.55 Å². The fourth-order valence-electron chi connectivity index (χ4n) is 4.59. The average molecular weight is 422 g/mol. The number of imidazole rings is 1. The number of rotatable bonds is 3. The predicted molar refractivity (Wildman–Crippen MR) is 119 cm³/mol. The molecule has 5 nitrogen and oxygen atoms in total. The molecule has 2 aromatic carbocycles. The van der Waals surface area contributed by atoms with E-state index in [1.54, 1.807) is 0 Å². The van der Waals surface area contributed by atoms with Gasteiger partial charge in [0.15, 0.2) is 0 Å². The minimum absolute atomic E-state index is 0.00153. The van der Waals surface area contributed by atoms with Crippen LogP contribution in [0.3, 0.4) is 0 Å². The molecule has 5 rings (SSSR count). The number of anilines is 1. The number of nitrogens with one attached hydrogen (secondary N) is 1. The highest BCUT2D eigenvalue weighted by Crippen LogP contribution is 2.40. The number of aromatic nitrogens is 2. The Labute approximate surface area is 180 Å². The number of para-hydroxylation sites is 2. The van der Waals surface area contributed by atoms with Crippen LogP contribution in [0, 0.1) is 0 Å². The second-order valence-electron chi connectivity index (χ2n) is 8.08. The van der Waals surface area contributed by atoms with Crippen molar-refractivity contribution in [2.24, 2.45) is 0 Å². The molecule has 0 saturated heterocycles. The molecule has 0 amide bonds. The summed E-state index contributed by atoms with van der Waals surface area (Å²) in [6.45, 7) is 1.92. The monoisotopic (exact) mass is 421 g/mol. The largest absolute Gasteiger partial charge is 0.459 e. The zero-order chi connectivity index (χ0) is 20.7. The van der Waals surface area contributed by atoms with Crippen LogP contribution in [0.4, 0.5) is 5.95 Å². The zero-order valence-electron chi connectivity index (χ0n) is 16.9. The predicted octanol–water partition coefficient (Wildman–Crippen LogP) is 5.85. The number of allylic oxidation sites excluding steroid dienone is 1. The Bertz CT molecular complexity index is 1130. The number of fused-ring (bicyclic) bond motifs is 3. The van der Waals surface area contributed by atoms with E-state index in [0.29, 0.717) is 10.6 Å². The summed E-state index contributed by atoms with van der Waals surface area (Å²) in [4.78, 5) is 18.2. The fourth-order valence-corrected chi connectivity index (χ4v) is 4.71. The number of nitrogens with zero attached hydrogens (tertiary/aromatic N) is 2. The Morgan fingerprint density at radius 2 is 1.83 bits per heavy atom. The summed E-state index contributed by atoms with van der Waals surface area (Å²) in [6.07, 6.45) is 5.33. The molecule has 1 aromatic heterocycles. The van der Waals surface area contributed by atoms with Crippen LogP contribution in [0.15, 0.2) is 59.8 Å². The van der Waals surface area contributed by atoms with Crippen molar-refractivity contribution in [3.05, 3.63) is 70.4 Å². The van der Waals surface area contributed by atoms with E-state index in [1.807, 2.05) is 55.5 Å². The minimum atomic E-state index is -0.331. The molecule has 1 aliphatic carbocycles. The highest BCUT2D eigenvalue weighted by molar-refractivity contribution is 6.30. The van der Waals surface area contributed by atoms with Gasteiger partial charge in [0, 0.05) is 10.7 Å². The lowest BCUT2D eigenvalue weighted by molar-refractivity contribution is -0.146. The maximum atomic E-state index is 13.4. The van der Waals surface area contributed by atoms with Gasteiger partial charge in [-0.25, -0.2) is 9.78 Å². The SMILES string of the molecule is CC1=C(C(=O)OC2CCCCC2)[C@@H](c2ccc(Cl)cc2)n2c(nc3ccccc32)N1. The third-order valence-corrected chi connectivity index (χ3v) is 6.31. The zero-order valence-corrected chi connectivity index (χ0v) is 17.7. The van der Waals surface area contributed by atoms with Gasteiger partial charge in [-0.05, 0) is 62.4 Å². The van der Waals surface area contributed by atoms with E-state index in [1.165, 1.54) is 6.42 Å². The van der Waals surface area contributed by atoms with E-state index in [-0.39, 0.29) is 18.1 Å². The highest BCUT2D eigenvalue weighted by Gasteiger charge is 2.36. The molecule has 1 fully saturated rings. The van der Waals surface area contributed by atoms with Gasteiger partial charge in [0.25, 0.3) is 0 Å². The molecular formula is C24H24ClN3O2. The van der Waals surface area contributed by atoms with Crippen LogP contribution in [0.25, 0.3) is 11.0 Å². The number of hydrogen-bond donors (Lipinski definition) is 1. The summed E-state index contributed by atoms with van der Waals surface area (Å²) in [5.41, 5.74) is 4.22. The second kappa shape index (κ2) is 7.80. The Morgan fingerprint density at radius 3 is 2.60 bits per heavy atom. The van der Waals surface area contributed by atoms with Gasteiger partial charge in [0.2, 0.25) is 5.95 Å². The Kier molecular flexibility index (Phi) is 4.99. The van der Waals surface area contributed by atoms with Crippen molar-refractivity contribution in [1.29, 1.82) is 0 Å². The molecule has 0 unspecified atom stereocenters. The smallest absolute Gasteiger partial charge is 0.338 e. The summed E-state index contributed by atoms with van der Waals surface area (Å²) in [5, 5.41) is 4.00. The van der Waals surface area contributed by atoms with Crippen LogP contribution in [0.1, 0.15) is 50.6 Å². The van der Waals surface area contributed by atoms with Crippen molar-refractivity contribution in [3.8, 4) is 0 Å². The number of ether oxygens (including phenoxy) is 1. The molecule has 0 spiro atoms. The molecule has 3 aromatic rings. The molecule has 1 atom stereocenters. The fraction of sp³-hybridized carbons (Fsp3) is 0.333. The van der Waals surface area contributed by atoms with E-state index in [0.717, 1.165) is 53.9 Å². The molecule has 1 aliphatic heterocycles. The summed E-state index contributed by atoms with van der Waals surface area (Å²) in [5.74, 6) is 0.471. The topological polar surface area (TPSA) is 56.2 Å². The van der Waals surface area contributed by atoms with Crippen molar-refractivity contribution in [3.63, 3.8) is 0 Å². The first-order chi connectivity index (χ1) is 14.6.